The average molecular weight is 398 g/mol. The van der Waals surface area contributed by atoms with Crippen LogP contribution in [-0.4, -0.2) is 36.8 Å². The van der Waals surface area contributed by atoms with Crippen LogP contribution in [0.2, 0.25) is 5.02 Å². The molecule has 1 amide bonds. The number of piperidine rings is 1. The van der Waals surface area contributed by atoms with Gasteiger partial charge in [-0.15, -0.1) is 0 Å². The average Bonchev–Trinajstić information content (AvgIpc) is 2.74. The summed E-state index contributed by atoms with van der Waals surface area (Å²) in [7, 11) is 1.60. The Bertz CT molecular complexity index is 881. The van der Waals surface area contributed by atoms with Gasteiger partial charge in [0.1, 0.15) is 5.75 Å². The minimum Gasteiger partial charge on any atom is -0.497 e. The van der Waals surface area contributed by atoms with Gasteiger partial charge in [0.25, 0.3) is 0 Å². The molecular weight excluding hydrogens is 374 g/mol. The molecule has 1 heterocycles. The molecule has 0 aliphatic carbocycles. The second-order valence-electron chi connectivity index (χ2n) is 7.03. The third-order valence-electron chi connectivity index (χ3n) is 5.17. The van der Waals surface area contributed by atoms with Crippen molar-refractivity contribution in [3.8, 4) is 5.75 Å². The van der Waals surface area contributed by atoms with Crippen molar-refractivity contribution in [1.82, 2.24) is 4.90 Å². The van der Waals surface area contributed by atoms with Crippen molar-refractivity contribution >= 4 is 29.4 Å². The number of ether oxygens (including phenoxy) is 1. The molecule has 0 atom stereocenters. The topological polar surface area (TPSA) is 46.6 Å². The van der Waals surface area contributed by atoms with Crippen LogP contribution >= 0.6 is 11.6 Å². The zero-order valence-electron chi connectivity index (χ0n) is 16.2. The van der Waals surface area contributed by atoms with E-state index in [1.54, 1.807) is 48.4 Å². The van der Waals surface area contributed by atoms with Gasteiger partial charge in [0, 0.05) is 35.7 Å². The van der Waals surface area contributed by atoms with Gasteiger partial charge in [-0.05, 0) is 67.3 Å². The molecule has 146 valence electrons. The van der Waals surface area contributed by atoms with Gasteiger partial charge in [-0.3, -0.25) is 9.59 Å². The van der Waals surface area contributed by atoms with Gasteiger partial charge in [-0.25, -0.2) is 0 Å². The molecule has 4 nitrogen and oxygen atoms in total. The Labute approximate surface area is 170 Å². The van der Waals surface area contributed by atoms with Gasteiger partial charge in [-0.1, -0.05) is 23.7 Å². The number of methoxy groups -OCH3 is 1. The van der Waals surface area contributed by atoms with Crippen LogP contribution in [0.15, 0.2) is 48.5 Å². The summed E-state index contributed by atoms with van der Waals surface area (Å²) in [5, 5.41) is 0.687. The molecule has 0 radical (unpaired) electrons. The first-order chi connectivity index (χ1) is 13.5. The fraction of sp³-hybridized carbons (Fsp3) is 0.304. The van der Waals surface area contributed by atoms with Gasteiger partial charge in [0.2, 0.25) is 5.91 Å². The number of rotatable bonds is 5. The lowest BCUT2D eigenvalue weighted by Crippen LogP contribution is -2.39. The van der Waals surface area contributed by atoms with Crippen LogP contribution in [0.5, 0.6) is 5.75 Å². The summed E-state index contributed by atoms with van der Waals surface area (Å²) in [5.74, 6) is 0.794. The highest BCUT2D eigenvalue weighted by molar-refractivity contribution is 6.31. The largest absolute Gasteiger partial charge is 0.497 e. The molecule has 1 aliphatic rings. The summed E-state index contributed by atoms with van der Waals surface area (Å²) in [5.41, 5.74) is 2.60. The highest BCUT2D eigenvalue weighted by atomic mass is 35.5. The van der Waals surface area contributed by atoms with E-state index in [1.807, 2.05) is 25.1 Å². The Morgan fingerprint density at radius 1 is 1.11 bits per heavy atom. The van der Waals surface area contributed by atoms with Crippen LogP contribution in [-0.2, 0) is 4.79 Å². The summed E-state index contributed by atoms with van der Waals surface area (Å²) in [6.45, 7) is 3.12. The Balaban J connectivity index is 1.55. The van der Waals surface area contributed by atoms with E-state index in [0.717, 1.165) is 16.9 Å². The first-order valence-corrected chi connectivity index (χ1v) is 9.77. The van der Waals surface area contributed by atoms with Crippen molar-refractivity contribution in [3.05, 3.63) is 70.3 Å². The molecule has 3 rings (SSSR count). The maximum atomic E-state index is 12.7. The SMILES string of the molecule is COc1ccc(C(=O)C2CCN(C(=O)C=Cc3ccc(C)c(Cl)c3)CC2)cc1. The number of benzene rings is 2. The number of carbonyl (C=O) groups excluding carboxylic acids is 2. The number of hydrogen-bond donors (Lipinski definition) is 0. The van der Waals surface area contributed by atoms with E-state index in [4.69, 9.17) is 16.3 Å². The number of Topliss-reactive ketones (excluding diaryl/α,β-unsaturated/α-hetero) is 1. The maximum absolute atomic E-state index is 12.7. The maximum Gasteiger partial charge on any atom is 0.246 e. The molecule has 0 spiro atoms. The van der Waals surface area contributed by atoms with Gasteiger partial charge in [-0.2, -0.15) is 0 Å². The number of nitrogens with zero attached hydrogens (tertiary/aromatic N) is 1. The lowest BCUT2D eigenvalue weighted by atomic mass is 9.89. The molecule has 1 saturated heterocycles. The lowest BCUT2D eigenvalue weighted by Gasteiger charge is -2.30. The van der Waals surface area contributed by atoms with Crippen LogP contribution in [0.25, 0.3) is 6.08 Å². The Morgan fingerprint density at radius 2 is 1.79 bits per heavy atom. The van der Waals surface area contributed by atoms with E-state index < -0.39 is 0 Å². The molecule has 2 aromatic carbocycles. The number of halogens is 1. The molecule has 1 aliphatic heterocycles. The van der Waals surface area contributed by atoms with Crippen molar-refractivity contribution < 1.29 is 14.3 Å². The minimum atomic E-state index is -0.0441. The number of likely N-dealkylation sites (tertiary alicyclic amines) is 1. The van der Waals surface area contributed by atoms with E-state index in [1.165, 1.54) is 0 Å². The predicted octanol–water partition coefficient (Wildman–Crippen LogP) is 4.79. The van der Waals surface area contributed by atoms with E-state index in [9.17, 15) is 9.59 Å². The fourth-order valence-electron chi connectivity index (χ4n) is 3.34. The van der Waals surface area contributed by atoms with Crippen molar-refractivity contribution in [2.24, 2.45) is 5.92 Å². The normalized spacial score (nSPS) is 15.0. The van der Waals surface area contributed by atoms with Crippen LogP contribution in [0.3, 0.4) is 0 Å². The fourth-order valence-corrected chi connectivity index (χ4v) is 3.53. The summed E-state index contributed by atoms with van der Waals surface area (Å²) in [4.78, 5) is 26.9. The van der Waals surface area contributed by atoms with Gasteiger partial charge >= 0.3 is 0 Å². The quantitative estimate of drug-likeness (QED) is 0.538. The second-order valence-corrected chi connectivity index (χ2v) is 7.44. The molecule has 1 fully saturated rings. The highest BCUT2D eigenvalue weighted by Crippen LogP contribution is 2.23. The number of amides is 1. The summed E-state index contributed by atoms with van der Waals surface area (Å²) >= 11 is 6.12. The van der Waals surface area contributed by atoms with Crippen LogP contribution in [0.1, 0.15) is 34.3 Å². The van der Waals surface area contributed by atoms with E-state index >= 15 is 0 Å². The van der Waals surface area contributed by atoms with E-state index in [2.05, 4.69) is 0 Å². The molecule has 0 bridgehead atoms. The van der Waals surface area contributed by atoms with Crippen molar-refractivity contribution in [2.45, 2.75) is 19.8 Å². The summed E-state index contributed by atoms with van der Waals surface area (Å²) in [6, 6.07) is 12.9. The van der Waals surface area contributed by atoms with Gasteiger partial charge in [0.05, 0.1) is 7.11 Å². The zero-order valence-corrected chi connectivity index (χ0v) is 16.9. The van der Waals surface area contributed by atoms with Crippen molar-refractivity contribution in [2.75, 3.05) is 20.2 Å². The molecular formula is C23H24ClNO3. The number of hydrogen-bond acceptors (Lipinski definition) is 3. The second kappa shape index (κ2) is 9.07. The number of carbonyl (C=O) groups is 2. The third kappa shape index (κ3) is 4.82. The van der Waals surface area contributed by atoms with Gasteiger partial charge < -0.3 is 9.64 Å². The lowest BCUT2D eigenvalue weighted by molar-refractivity contribution is -0.127. The zero-order chi connectivity index (χ0) is 20.1. The molecule has 0 unspecified atom stereocenters. The molecule has 0 aromatic heterocycles. The first kappa shape index (κ1) is 20.2. The predicted molar refractivity (Wildman–Crippen MR) is 112 cm³/mol. The number of ketones is 1. The standard InChI is InChI=1S/C23H24ClNO3/c1-16-3-4-17(15-21(16)24)5-10-22(26)25-13-11-19(12-14-25)23(27)18-6-8-20(28-2)9-7-18/h3-10,15,19H,11-14H2,1-2H3. The van der Waals surface area contributed by atoms with Gasteiger partial charge in [0.15, 0.2) is 5.78 Å². The number of aryl methyl sites for hydroxylation is 1. The molecule has 28 heavy (non-hydrogen) atoms. The van der Waals surface area contributed by atoms with Crippen molar-refractivity contribution in [3.63, 3.8) is 0 Å². The monoisotopic (exact) mass is 397 g/mol. The van der Waals surface area contributed by atoms with E-state index in [0.29, 0.717) is 36.5 Å². The molecule has 0 N–H and O–H groups in total. The first-order valence-electron chi connectivity index (χ1n) is 9.39. The molecule has 5 heteroatoms. The van der Waals surface area contributed by atoms with Crippen LogP contribution in [0.4, 0.5) is 0 Å². The summed E-state index contributed by atoms with van der Waals surface area (Å²) in [6.07, 6.45) is 4.72. The summed E-state index contributed by atoms with van der Waals surface area (Å²) < 4.78 is 5.13. The van der Waals surface area contributed by atoms with E-state index in [-0.39, 0.29) is 17.6 Å². The van der Waals surface area contributed by atoms with Crippen molar-refractivity contribution in [1.29, 1.82) is 0 Å². The minimum absolute atomic E-state index is 0.0351. The van der Waals surface area contributed by atoms with Crippen LogP contribution < -0.4 is 4.74 Å². The molecule has 2 aromatic rings. The Kier molecular flexibility index (Phi) is 6.53. The third-order valence-corrected chi connectivity index (χ3v) is 5.57. The Hall–Kier alpha value is -2.59. The highest BCUT2D eigenvalue weighted by Gasteiger charge is 2.27. The van der Waals surface area contributed by atoms with Crippen LogP contribution in [0, 0.1) is 12.8 Å². The smallest absolute Gasteiger partial charge is 0.246 e. The Morgan fingerprint density at radius 3 is 2.39 bits per heavy atom. The molecule has 0 saturated carbocycles.